The summed E-state index contributed by atoms with van der Waals surface area (Å²) in [4.78, 5) is 26.6. The van der Waals surface area contributed by atoms with Crippen molar-refractivity contribution in [1.29, 1.82) is 0 Å². The van der Waals surface area contributed by atoms with E-state index in [2.05, 4.69) is 10.6 Å². The van der Waals surface area contributed by atoms with Gasteiger partial charge in [-0.2, -0.15) is 0 Å². The number of carbonyl (C=O) groups is 2. The van der Waals surface area contributed by atoms with Crippen LogP contribution in [-0.4, -0.2) is 80.8 Å². The lowest BCUT2D eigenvalue weighted by atomic mass is 10.2. The summed E-state index contributed by atoms with van der Waals surface area (Å²) in [5.74, 6) is -0.130. The third-order valence-corrected chi connectivity index (χ3v) is 3.17. The van der Waals surface area contributed by atoms with Crippen molar-refractivity contribution in [3.05, 3.63) is 0 Å². The van der Waals surface area contributed by atoms with Crippen LogP contribution in [0.2, 0.25) is 0 Å². The molecule has 1 unspecified atom stereocenters. The number of amides is 3. The molecule has 7 nitrogen and oxygen atoms in total. The third kappa shape index (κ3) is 3.18. The van der Waals surface area contributed by atoms with Crippen molar-refractivity contribution in [2.45, 2.75) is 6.10 Å². The van der Waals surface area contributed by atoms with Crippen LogP contribution in [0, 0.1) is 0 Å². The van der Waals surface area contributed by atoms with Crippen LogP contribution >= 0.6 is 0 Å². The average Bonchev–Trinajstić information content (AvgIpc) is 2.76. The molecule has 2 aliphatic heterocycles. The Morgan fingerprint density at radius 2 is 2.39 bits per heavy atom. The number of hydrogen-bond donors (Lipinski definition) is 2. The molecule has 2 N–H and O–H groups in total. The minimum atomic E-state index is -0.278. The zero-order valence-electron chi connectivity index (χ0n) is 10.6. The average molecular weight is 256 g/mol. The zero-order valence-corrected chi connectivity index (χ0v) is 10.6. The summed E-state index contributed by atoms with van der Waals surface area (Å²) in [7, 11) is 1.88. The van der Waals surface area contributed by atoms with Crippen LogP contribution in [0.5, 0.6) is 0 Å². The highest BCUT2D eigenvalue weighted by molar-refractivity contribution is 5.96. The topological polar surface area (TPSA) is 73.9 Å². The number of imide groups is 1. The fraction of sp³-hybridized carbons (Fsp3) is 0.818. The van der Waals surface area contributed by atoms with Crippen molar-refractivity contribution in [3.8, 4) is 0 Å². The van der Waals surface area contributed by atoms with Gasteiger partial charge in [-0.3, -0.25) is 14.6 Å². The fourth-order valence-corrected chi connectivity index (χ4v) is 2.26. The van der Waals surface area contributed by atoms with Crippen molar-refractivity contribution in [1.82, 2.24) is 20.4 Å². The second kappa shape index (κ2) is 6.12. The second-order valence-corrected chi connectivity index (χ2v) is 4.56. The van der Waals surface area contributed by atoms with Gasteiger partial charge in [0.25, 0.3) is 0 Å². The Kier molecular flexibility index (Phi) is 4.51. The molecule has 7 heteroatoms. The first-order valence-corrected chi connectivity index (χ1v) is 6.27. The number of nitrogens with zero attached hydrogens (tertiary/aromatic N) is 2. The molecule has 18 heavy (non-hydrogen) atoms. The van der Waals surface area contributed by atoms with Crippen LogP contribution in [0.1, 0.15) is 0 Å². The number of hydrogen-bond acceptors (Lipinski definition) is 5. The molecule has 0 aromatic rings. The first-order valence-electron chi connectivity index (χ1n) is 6.27. The van der Waals surface area contributed by atoms with Crippen molar-refractivity contribution < 1.29 is 14.3 Å². The number of urea groups is 1. The van der Waals surface area contributed by atoms with E-state index in [1.807, 2.05) is 11.9 Å². The maximum absolute atomic E-state index is 12.0. The summed E-state index contributed by atoms with van der Waals surface area (Å²) in [6, 6.07) is -0.278. The smallest absolute Gasteiger partial charge is 0.324 e. The van der Waals surface area contributed by atoms with Gasteiger partial charge in [0.1, 0.15) is 0 Å². The van der Waals surface area contributed by atoms with E-state index >= 15 is 0 Å². The van der Waals surface area contributed by atoms with Crippen molar-refractivity contribution >= 4 is 11.9 Å². The number of ether oxygens (including phenoxy) is 1. The van der Waals surface area contributed by atoms with Crippen LogP contribution in [0.25, 0.3) is 0 Å². The van der Waals surface area contributed by atoms with E-state index in [1.54, 1.807) is 0 Å². The molecule has 0 aromatic heterocycles. The number of likely N-dealkylation sites (N-methyl/N-ethyl adjacent to an activating group) is 1. The molecule has 2 aliphatic rings. The quantitative estimate of drug-likeness (QED) is 0.637. The van der Waals surface area contributed by atoms with Crippen LogP contribution in [-0.2, 0) is 9.53 Å². The predicted octanol–water partition coefficient (Wildman–Crippen LogP) is -1.54. The molecular weight excluding hydrogens is 236 g/mol. The van der Waals surface area contributed by atoms with Gasteiger partial charge < -0.3 is 15.4 Å². The molecule has 0 spiro atoms. The van der Waals surface area contributed by atoms with E-state index in [-0.39, 0.29) is 24.6 Å². The van der Waals surface area contributed by atoms with Gasteiger partial charge in [0.05, 0.1) is 19.3 Å². The Bertz CT molecular complexity index is 321. The Balaban J connectivity index is 1.81. The highest BCUT2D eigenvalue weighted by Crippen LogP contribution is 2.06. The summed E-state index contributed by atoms with van der Waals surface area (Å²) < 4.78 is 5.57. The summed E-state index contributed by atoms with van der Waals surface area (Å²) in [5.41, 5.74) is 0. The van der Waals surface area contributed by atoms with Crippen LogP contribution in [0.3, 0.4) is 0 Å². The first kappa shape index (κ1) is 13.3. The van der Waals surface area contributed by atoms with Gasteiger partial charge in [0.15, 0.2) is 0 Å². The van der Waals surface area contributed by atoms with Crippen molar-refractivity contribution in [2.75, 3.05) is 52.9 Å². The maximum atomic E-state index is 12.0. The molecule has 2 saturated heterocycles. The lowest BCUT2D eigenvalue weighted by Crippen LogP contribution is -2.50. The van der Waals surface area contributed by atoms with E-state index in [0.29, 0.717) is 19.7 Å². The minimum absolute atomic E-state index is 0.115. The largest absolute Gasteiger partial charge is 0.374 e. The molecule has 0 aromatic carbocycles. The fourth-order valence-electron chi connectivity index (χ4n) is 2.26. The monoisotopic (exact) mass is 256 g/mol. The number of carbonyl (C=O) groups excluding carboxylic acids is 2. The molecule has 1 atom stereocenters. The van der Waals surface area contributed by atoms with Gasteiger partial charge in [-0.15, -0.1) is 0 Å². The summed E-state index contributed by atoms with van der Waals surface area (Å²) in [6.45, 7) is 4.18. The highest BCUT2D eigenvalue weighted by atomic mass is 16.5. The van der Waals surface area contributed by atoms with Gasteiger partial charge >= 0.3 is 6.03 Å². The third-order valence-electron chi connectivity index (χ3n) is 3.17. The van der Waals surface area contributed by atoms with Crippen LogP contribution < -0.4 is 10.6 Å². The highest BCUT2D eigenvalue weighted by Gasteiger charge is 2.29. The number of morpholine rings is 1. The molecule has 2 rings (SSSR count). The van der Waals surface area contributed by atoms with Gasteiger partial charge in [-0.05, 0) is 7.05 Å². The normalized spacial score (nSPS) is 25.3. The first-order chi connectivity index (χ1) is 8.70. The SMILES string of the molecule is CNCC1CN(CC(=O)N2CCNC2=O)CCO1. The lowest BCUT2D eigenvalue weighted by Gasteiger charge is -2.32. The molecule has 0 aliphatic carbocycles. The van der Waals surface area contributed by atoms with E-state index in [0.717, 1.165) is 19.6 Å². The molecule has 102 valence electrons. The van der Waals surface area contributed by atoms with E-state index in [1.165, 1.54) is 4.90 Å². The van der Waals surface area contributed by atoms with Crippen LogP contribution in [0.4, 0.5) is 4.79 Å². The molecule has 0 bridgehead atoms. The predicted molar refractivity (Wildman–Crippen MR) is 65.2 cm³/mol. The summed E-state index contributed by atoms with van der Waals surface area (Å²) >= 11 is 0. The van der Waals surface area contributed by atoms with Crippen LogP contribution in [0.15, 0.2) is 0 Å². The van der Waals surface area contributed by atoms with Crippen molar-refractivity contribution in [3.63, 3.8) is 0 Å². The van der Waals surface area contributed by atoms with Gasteiger partial charge in [-0.1, -0.05) is 0 Å². The van der Waals surface area contributed by atoms with Gasteiger partial charge in [0, 0.05) is 32.7 Å². The molecule has 3 amide bonds. The van der Waals surface area contributed by atoms with Crippen molar-refractivity contribution in [2.24, 2.45) is 0 Å². The molecular formula is C11H20N4O3. The summed E-state index contributed by atoms with van der Waals surface area (Å²) in [6.07, 6.45) is 0.115. The Labute approximate surface area is 106 Å². The summed E-state index contributed by atoms with van der Waals surface area (Å²) in [5, 5.41) is 5.69. The Hall–Kier alpha value is -1.18. The number of nitrogens with one attached hydrogen (secondary N) is 2. The van der Waals surface area contributed by atoms with Gasteiger partial charge in [0.2, 0.25) is 5.91 Å². The van der Waals surface area contributed by atoms with E-state index < -0.39 is 0 Å². The van der Waals surface area contributed by atoms with E-state index in [4.69, 9.17) is 4.74 Å². The number of rotatable bonds is 4. The van der Waals surface area contributed by atoms with E-state index in [9.17, 15) is 9.59 Å². The zero-order chi connectivity index (χ0) is 13.0. The maximum Gasteiger partial charge on any atom is 0.324 e. The Morgan fingerprint density at radius 3 is 3.06 bits per heavy atom. The molecule has 2 fully saturated rings. The second-order valence-electron chi connectivity index (χ2n) is 4.56. The molecule has 2 heterocycles. The minimum Gasteiger partial charge on any atom is -0.374 e. The standard InChI is InChI=1S/C11H20N4O3/c1-12-6-9-7-14(4-5-18-9)8-10(16)15-3-2-13-11(15)17/h9,12H,2-8H2,1H3,(H,13,17). The van der Waals surface area contributed by atoms with Gasteiger partial charge in [-0.25, -0.2) is 4.79 Å². The Morgan fingerprint density at radius 1 is 1.56 bits per heavy atom. The lowest BCUT2D eigenvalue weighted by molar-refractivity contribution is -0.130. The molecule has 0 radical (unpaired) electrons. The molecule has 0 saturated carbocycles.